The number of nitrogens with zero attached hydrogens (tertiary/aromatic N) is 1. The van der Waals surface area contributed by atoms with Crippen molar-refractivity contribution in [1.82, 2.24) is 5.32 Å². The highest BCUT2D eigenvalue weighted by Crippen LogP contribution is 2.35. The van der Waals surface area contributed by atoms with Gasteiger partial charge in [-0.05, 0) is 24.3 Å². The van der Waals surface area contributed by atoms with Crippen LogP contribution in [0.4, 0.5) is 17.1 Å². The summed E-state index contributed by atoms with van der Waals surface area (Å²) in [5, 5.41) is 9.85. The zero-order valence-electron chi connectivity index (χ0n) is 14.9. The van der Waals surface area contributed by atoms with E-state index in [9.17, 15) is 8.42 Å². The Balaban J connectivity index is 0.00000210. The largest absolute Gasteiger partial charge is 0.369 e. The number of rotatable bonds is 4. The standard InChI is InChI=1S/C19H21N3O2S2.ClH/c1-26(23,24)19-7-6-14(22-10-8-20-9-11-22)12-16(19)21-17-13-25-18-5-3-2-4-15(17)18;/h2-7,12-13,20-21H,8-11H2,1H3;1H. The van der Waals surface area contributed by atoms with E-state index in [4.69, 9.17) is 0 Å². The van der Waals surface area contributed by atoms with Gasteiger partial charge in [-0.2, -0.15) is 0 Å². The summed E-state index contributed by atoms with van der Waals surface area (Å²) in [7, 11) is -3.33. The van der Waals surface area contributed by atoms with Crippen molar-refractivity contribution in [2.45, 2.75) is 4.90 Å². The second-order valence-electron chi connectivity index (χ2n) is 6.46. The lowest BCUT2D eigenvalue weighted by Gasteiger charge is -2.30. The second-order valence-corrected chi connectivity index (χ2v) is 9.36. The molecule has 2 heterocycles. The summed E-state index contributed by atoms with van der Waals surface area (Å²) in [4.78, 5) is 2.60. The zero-order valence-corrected chi connectivity index (χ0v) is 17.4. The summed E-state index contributed by atoms with van der Waals surface area (Å²) in [6, 6.07) is 13.7. The van der Waals surface area contributed by atoms with E-state index in [1.54, 1.807) is 17.4 Å². The van der Waals surface area contributed by atoms with Gasteiger partial charge in [-0.1, -0.05) is 18.2 Å². The van der Waals surface area contributed by atoms with Gasteiger partial charge in [0, 0.05) is 53.6 Å². The van der Waals surface area contributed by atoms with Crippen LogP contribution >= 0.6 is 23.7 Å². The molecule has 144 valence electrons. The van der Waals surface area contributed by atoms with Gasteiger partial charge in [0.1, 0.15) is 0 Å². The molecule has 0 amide bonds. The van der Waals surface area contributed by atoms with Gasteiger partial charge >= 0.3 is 0 Å². The number of fused-ring (bicyclic) bond motifs is 1. The van der Waals surface area contributed by atoms with E-state index in [-0.39, 0.29) is 12.4 Å². The Kier molecular flexibility index (Phi) is 5.95. The zero-order chi connectivity index (χ0) is 18.1. The van der Waals surface area contributed by atoms with Crippen LogP contribution in [0, 0.1) is 0 Å². The second kappa shape index (κ2) is 8.06. The fraction of sp³-hybridized carbons (Fsp3) is 0.263. The maximum absolute atomic E-state index is 12.3. The lowest BCUT2D eigenvalue weighted by molar-refractivity contribution is 0.589. The molecule has 0 bridgehead atoms. The van der Waals surface area contributed by atoms with E-state index in [1.807, 2.05) is 29.6 Å². The summed E-state index contributed by atoms with van der Waals surface area (Å²) in [6.07, 6.45) is 1.25. The first-order chi connectivity index (χ1) is 12.5. The average Bonchev–Trinajstić information content (AvgIpc) is 3.05. The average molecular weight is 424 g/mol. The van der Waals surface area contributed by atoms with Crippen LogP contribution in [0.3, 0.4) is 0 Å². The van der Waals surface area contributed by atoms with E-state index in [1.165, 1.54) is 11.0 Å². The molecule has 0 saturated carbocycles. The quantitative estimate of drug-likeness (QED) is 0.666. The lowest BCUT2D eigenvalue weighted by atomic mass is 10.2. The van der Waals surface area contributed by atoms with Gasteiger partial charge in [0.05, 0.1) is 16.3 Å². The number of anilines is 3. The fourth-order valence-corrected chi connectivity index (χ4v) is 5.00. The molecule has 8 heteroatoms. The van der Waals surface area contributed by atoms with Crippen molar-refractivity contribution in [2.24, 2.45) is 0 Å². The van der Waals surface area contributed by atoms with Crippen LogP contribution in [0.1, 0.15) is 0 Å². The van der Waals surface area contributed by atoms with Crippen LogP contribution in [-0.2, 0) is 9.84 Å². The Morgan fingerprint density at radius 3 is 2.56 bits per heavy atom. The summed E-state index contributed by atoms with van der Waals surface area (Å²) < 4.78 is 25.7. The Hall–Kier alpha value is -1.80. The van der Waals surface area contributed by atoms with Gasteiger partial charge in [-0.15, -0.1) is 23.7 Å². The highest BCUT2D eigenvalue weighted by Gasteiger charge is 2.18. The summed E-state index contributed by atoms with van der Waals surface area (Å²) >= 11 is 1.65. The van der Waals surface area contributed by atoms with Gasteiger partial charge < -0.3 is 15.5 Å². The van der Waals surface area contributed by atoms with Crippen molar-refractivity contribution < 1.29 is 8.42 Å². The predicted octanol–water partition coefficient (Wildman–Crippen LogP) is 3.88. The molecule has 0 atom stereocenters. The van der Waals surface area contributed by atoms with Crippen molar-refractivity contribution in [3.63, 3.8) is 0 Å². The van der Waals surface area contributed by atoms with Crippen molar-refractivity contribution in [1.29, 1.82) is 0 Å². The Morgan fingerprint density at radius 1 is 1.07 bits per heavy atom. The molecule has 3 aromatic rings. The summed E-state index contributed by atoms with van der Waals surface area (Å²) in [6.45, 7) is 3.70. The molecule has 1 aliphatic heterocycles. The minimum Gasteiger partial charge on any atom is -0.369 e. The molecular formula is C19H22ClN3O2S2. The molecule has 4 rings (SSSR count). The first kappa shape index (κ1) is 19.9. The number of halogens is 1. The summed E-state index contributed by atoms with van der Waals surface area (Å²) in [5.74, 6) is 0. The highest BCUT2D eigenvalue weighted by molar-refractivity contribution is 7.90. The minimum absolute atomic E-state index is 0. The molecule has 27 heavy (non-hydrogen) atoms. The molecule has 0 unspecified atom stereocenters. The normalized spacial score (nSPS) is 14.8. The molecule has 1 aromatic heterocycles. The molecule has 2 aromatic carbocycles. The Bertz CT molecular complexity index is 1040. The van der Waals surface area contributed by atoms with Gasteiger partial charge in [-0.3, -0.25) is 0 Å². The van der Waals surface area contributed by atoms with Crippen molar-refractivity contribution in [2.75, 3.05) is 42.7 Å². The molecule has 0 spiro atoms. The van der Waals surface area contributed by atoms with Crippen molar-refractivity contribution in [3.05, 3.63) is 47.8 Å². The number of sulfone groups is 1. The van der Waals surface area contributed by atoms with Gasteiger partial charge in [-0.25, -0.2) is 8.42 Å². The number of thiophene rings is 1. The third-order valence-corrected chi connectivity index (χ3v) is 6.71. The smallest absolute Gasteiger partial charge is 0.177 e. The minimum atomic E-state index is -3.33. The predicted molar refractivity (Wildman–Crippen MR) is 117 cm³/mol. The van der Waals surface area contributed by atoms with Gasteiger partial charge in [0.25, 0.3) is 0 Å². The van der Waals surface area contributed by atoms with E-state index in [0.29, 0.717) is 10.6 Å². The number of hydrogen-bond acceptors (Lipinski definition) is 6. The van der Waals surface area contributed by atoms with Crippen LogP contribution in [0.25, 0.3) is 10.1 Å². The molecule has 0 radical (unpaired) electrons. The molecule has 0 aliphatic carbocycles. The van der Waals surface area contributed by atoms with E-state index >= 15 is 0 Å². The van der Waals surface area contributed by atoms with Crippen molar-refractivity contribution >= 4 is 60.7 Å². The van der Waals surface area contributed by atoms with Crippen LogP contribution in [-0.4, -0.2) is 40.9 Å². The number of hydrogen-bond donors (Lipinski definition) is 2. The molecule has 1 saturated heterocycles. The van der Waals surface area contributed by atoms with Gasteiger partial charge in [0.15, 0.2) is 9.84 Å². The van der Waals surface area contributed by atoms with E-state index in [2.05, 4.69) is 27.7 Å². The molecule has 5 nitrogen and oxygen atoms in total. The number of piperazine rings is 1. The van der Waals surface area contributed by atoms with E-state index in [0.717, 1.165) is 42.9 Å². The third kappa shape index (κ3) is 4.21. The Labute approximate surface area is 169 Å². The first-order valence-corrected chi connectivity index (χ1v) is 11.3. The molecule has 1 aliphatic rings. The molecule has 1 fully saturated rings. The number of benzene rings is 2. The van der Waals surface area contributed by atoms with Crippen LogP contribution in [0.5, 0.6) is 0 Å². The van der Waals surface area contributed by atoms with E-state index < -0.39 is 9.84 Å². The molecule has 2 N–H and O–H groups in total. The lowest BCUT2D eigenvalue weighted by Crippen LogP contribution is -2.43. The van der Waals surface area contributed by atoms with Crippen molar-refractivity contribution in [3.8, 4) is 0 Å². The third-order valence-electron chi connectivity index (χ3n) is 4.60. The first-order valence-electron chi connectivity index (χ1n) is 8.55. The monoisotopic (exact) mass is 423 g/mol. The maximum atomic E-state index is 12.3. The van der Waals surface area contributed by atoms with Gasteiger partial charge in [0.2, 0.25) is 0 Å². The summed E-state index contributed by atoms with van der Waals surface area (Å²) in [5.41, 5.74) is 2.61. The topological polar surface area (TPSA) is 61.4 Å². The van der Waals surface area contributed by atoms with Crippen LogP contribution in [0.15, 0.2) is 52.7 Å². The van der Waals surface area contributed by atoms with Crippen LogP contribution < -0.4 is 15.5 Å². The van der Waals surface area contributed by atoms with Crippen LogP contribution in [0.2, 0.25) is 0 Å². The SMILES string of the molecule is CS(=O)(=O)c1ccc(N2CCNCC2)cc1Nc1csc2ccccc12.Cl. The maximum Gasteiger partial charge on any atom is 0.177 e. The number of nitrogens with one attached hydrogen (secondary N) is 2. The Morgan fingerprint density at radius 2 is 1.81 bits per heavy atom. The molecular weight excluding hydrogens is 402 g/mol. The highest BCUT2D eigenvalue weighted by atomic mass is 35.5. The fourth-order valence-electron chi connectivity index (χ4n) is 3.28.